The van der Waals surface area contributed by atoms with E-state index in [0.29, 0.717) is 38.2 Å². The van der Waals surface area contributed by atoms with Crippen LogP contribution >= 0.6 is 35.4 Å². The van der Waals surface area contributed by atoms with E-state index in [0.717, 1.165) is 16.9 Å². The molecule has 6 nitrogen and oxygen atoms in total. The van der Waals surface area contributed by atoms with Gasteiger partial charge in [0.2, 0.25) is 6.79 Å². The molecule has 2 aromatic heterocycles. The minimum atomic E-state index is -0.303. The van der Waals surface area contributed by atoms with Crippen LogP contribution in [0.15, 0.2) is 77.3 Å². The Labute approximate surface area is 211 Å². The first-order valence-corrected chi connectivity index (χ1v) is 11.7. The number of rotatable bonds is 4. The number of nitrogens with zero attached hydrogens (tertiary/aromatic N) is 2. The minimum Gasteiger partial charge on any atom is -0.459 e. The maximum absolute atomic E-state index is 6.44. The predicted octanol–water partition coefficient (Wildman–Crippen LogP) is 6.55. The lowest BCUT2D eigenvalue weighted by atomic mass is 10.0. The molecular formula is C25H17Cl2N3O3S. The summed E-state index contributed by atoms with van der Waals surface area (Å²) in [5.74, 6) is 2.73. The van der Waals surface area contributed by atoms with Crippen molar-refractivity contribution in [2.45, 2.75) is 12.1 Å². The van der Waals surface area contributed by atoms with Crippen LogP contribution in [-0.4, -0.2) is 16.9 Å². The maximum Gasteiger partial charge on any atom is 0.231 e. The summed E-state index contributed by atoms with van der Waals surface area (Å²) in [7, 11) is 0. The van der Waals surface area contributed by atoms with E-state index in [1.54, 1.807) is 18.3 Å². The number of halogens is 2. The van der Waals surface area contributed by atoms with Gasteiger partial charge in [0.1, 0.15) is 17.6 Å². The van der Waals surface area contributed by atoms with E-state index in [-0.39, 0.29) is 18.9 Å². The van der Waals surface area contributed by atoms with Gasteiger partial charge >= 0.3 is 0 Å². The number of pyridine rings is 1. The van der Waals surface area contributed by atoms with Crippen molar-refractivity contribution in [3.8, 4) is 22.8 Å². The Balaban J connectivity index is 1.45. The Kier molecular flexibility index (Phi) is 5.32. The number of aromatic nitrogens is 1. The van der Waals surface area contributed by atoms with Crippen molar-refractivity contribution >= 4 is 46.2 Å². The van der Waals surface area contributed by atoms with Crippen LogP contribution in [0.4, 0.5) is 5.69 Å². The van der Waals surface area contributed by atoms with Crippen LogP contribution < -0.4 is 19.7 Å². The van der Waals surface area contributed by atoms with Gasteiger partial charge in [0.15, 0.2) is 16.6 Å². The van der Waals surface area contributed by atoms with Crippen LogP contribution in [0.2, 0.25) is 10.0 Å². The molecule has 2 atom stereocenters. The summed E-state index contributed by atoms with van der Waals surface area (Å²) in [4.78, 5) is 6.59. The van der Waals surface area contributed by atoms with Crippen LogP contribution in [-0.2, 0) is 0 Å². The third kappa shape index (κ3) is 3.66. The molecule has 0 spiro atoms. The fourth-order valence-corrected chi connectivity index (χ4v) is 5.15. The van der Waals surface area contributed by atoms with E-state index in [2.05, 4.69) is 10.3 Å². The molecule has 4 aromatic rings. The zero-order valence-corrected chi connectivity index (χ0v) is 19.9. The molecule has 0 unspecified atom stereocenters. The molecule has 0 radical (unpaired) electrons. The molecule has 34 heavy (non-hydrogen) atoms. The lowest BCUT2D eigenvalue weighted by Crippen LogP contribution is -2.29. The average molecular weight is 510 g/mol. The number of ether oxygens (including phenoxy) is 2. The number of thiocarbonyl (C=S) groups is 1. The lowest BCUT2D eigenvalue weighted by molar-refractivity contribution is 0.174. The number of hydrogen-bond acceptors (Lipinski definition) is 5. The summed E-state index contributed by atoms with van der Waals surface area (Å²) in [5.41, 5.74) is 2.46. The molecule has 6 rings (SSSR count). The van der Waals surface area contributed by atoms with Crippen molar-refractivity contribution in [1.29, 1.82) is 0 Å². The topological polar surface area (TPSA) is 59.8 Å². The molecule has 0 saturated carbocycles. The highest BCUT2D eigenvalue weighted by Crippen LogP contribution is 2.45. The Morgan fingerprint density at radius 3 is 2.68 bits per heavy atom. The van der Waals surface area contributed by atoms with Gasteiger partial charge < -0.3 is 24.1 Å². The summed E-state index contributed by atoms with van der Waals surface area (Å²) in [6.45, 7) is 0.199. The summed E-state index contributed by atoms with van der Waals surface area (Å²) in [6, 6.07) is 20.2. The highest BCUT2D eigenvalue weighted by Gasteiger charge is 2.43. The second-order valence-corrected chi connectivity index (χ2v) is 9.09. The molecule has 4 heterocycles. The van der Waals surface area contributed by atoms with Gasteiger partial charge in [-0.15, -0.1) is 0 Å². The van der Waals surface area contributed by atoms with E-state index < -0.39 is 0 Å². The fraction of sp³-hybridized carbons (Fsp3) is 0.120. The molecule has 1 saturated heterocycles. The number of nitrogens with one attached hydrogen (secondary N) is 1. The van der Waals surface area contributed by atoms with Gasteiger partial charge in [0.25, 0.3) is 0 Å². The van der Waals surface area contributed by atoms with Gasteiger partial charge in [-0.2, -0.15) is 0 Å². The molecule has 1 fully saturated rings. The van der Waals surface area contributed by atoms with Crippen molar-refractivity contribution in [3.05, 3.63) is 94.4 Å². The Bertz CT molecular complexity index is 1400. The van der Waals surface area contributed by atoms with Crippen molar-refractivity contribution in [1.82, 2.24) is 10.3 Å². The molecule has 0 bridgehead atoms. The molecule has 170 valence electrons. The van der Waals surface area contributed by atoms with E-state index in [4.69, 9.17) is 49.3 Å². The van der Waals surface area contributed by atoms with Gasteiger partial charge in [-0.05, 0) is 66.8 Å². The Morgan fingerprint density at radius 1 is 0.971 bits per heavy atom. The molecular weight excluding hydrogens is 493 g/mol. The first-order valence-electron chi connectivity index (χ1n) is 10.5. The molecule has 2 aromatic carbocycles. The lowest BCUT2D eigenvalue weighted by Gasteiger charge is -2.26. The first kappa shape index (κ1) is 21.3. The predicted molar refractivity (Wildman–Crippen MR) is 135 cm³/mol. The van der Waals surface area contributed by atoms with E-state index in [9.17, 15) is 0 Å². The van der Waals surface area contributed by atoms with Gasteiger partial charge in [-0.25, -0.2) is 0 Å². The van der Waals surface area contributed by atoms with Crippen LogP contribution in [0.25, 0.3) is 11.3 Å². The standard InChI is InChI=1S/C25H17Cl2N3O3S/c26-14-4-6-16(17(27)11-14)19-8-9-21(33-19)24-23(18-3-1-2-10-28-18)29-25(34)30(24)15-5-7-20-22(12-15)32-13-31-20/h1-12,23-24H,13H2,(H,29,34)/t23-,24+/m0/s1. The zero-order valence-electron chi connectivity index (χ0n) is 17.6. The largest absolute Gasteiger partial charge is 0.459 e. The normalized spacial score (nSPS) is 18.9. The van der Waals surface area contributed by atoms with E-state index >= 15 is 0 Å². The third-order valence-electron chi connectivity index (χ3n) is 5.85. The van der Waals surface area contributed by atoms with Gasteiger partial charge in [0.05, 0.1) is 16.8 Å². The van der Waals surface area contributed by atoms with Crippen LogP contribution in [0.1, 0.15) is 23.5 Å². The monoisotopic (exact) mass is 509 g/mol. The molecule has 1 N–H and O–H groups in total. The molecule has 2 aliphatic heterocycles. The number of furan rings is 1. The quantitative estimate of drug-likeness (QED) is 0.312. The van der Waals surface area contributed by atoms with Crippen LogP contribution in [0.3, 0.4) is 0 Å². The van der Waals surface area contributed by atoms with Crippen molar-refractivity contribution in [2.24, 2.45) is 0 Å². The molecule has 9 heteroatoms. The van der Waals surface area contributed by atoms with Gasteiger partial charge in [-0.1, -0.05) is 29.3 Å². The Morgan fingerprint density at radius 2 is 1.85 bits per heavy atom. The molecule has 0 aliphatic carbocycles. The van der Waals surface area contributed by atoms with Crippen molar-refractivity contribution in [3.63, 3.8) is 0 Å². The number of anilines is 1. The summed E-state index contributed by atoms with van der Waals surface area (Å²) in [5, 5.41) is 5.06. The summed E-state index contributed by atoms with van der Waals surface area (Å²) >= 11 is 18.3. The van der Waals surface area contributed by atoms with E-state index in [1.807, 2.05) is 59.5 Å². The SMILES string of the molecule is S=C1N[C@@H](c2ccccn2)[C@@H](c2ccc(-c3ccc(Cl)cc3Cl)o2)N1c1ccc2c(c1)OCO2. The first-order chi connectivity index (χ1) is 16.6. The van der Waals surface area contributed by atoms with Crippen molar-refractivity contribution < 1.29 is 13.9 Å². The van der Waals surface area contributed by atoms with Gasteiger partial charge in [-0.3, -0.25) is 4.98 Å². The molecule has 2 aliphatic rings. The number of hydrogen-bond donors (Lipinski definition) is 1. The van der Waals surface area contributed by atoms with Crippen molar-refractivity contribution in [2.75, 3.05) is 11.7 Å². The number of benzene rings is 2. The van der Waals surface area contributed by atoms with E-state index in [1.165, 1.54) is 0 Å². The zero-order chi connectivity index (χ0) is 23.2. The van der Waals surface area contributed by atoms with Gasteiger partial charge in [0, 0.05) is 28.5 Å². The summed E-state index contributed by atoms with van der Waals surface area (Å²) < 4.78 is 17.4. The second-order valence-electron chi connectivity index (χ2n) is 7.86. The highest BCUT2D eigenvalue weighted by atomic mass is 35.5. The highest BCUT2D eigenvalue weighted by molar-refractivity contribution is 7.80. The second kappa shape index (κ2) is 8.51. The summed E-state index contributed by atoms with van der Waals surface area (Å²) in [6.07, 6.45) is 1.77. The minimum absolute atomic E-state index is 0.199. The smallest absolute Gasteiger partial charge is 0.231 e. The Hall–Kier alpha value is -3.26. The van der Waals surface area contributed by atoms with Crippen LogP contribution in [0, 0.1) is 0 Å². The average Bonchev–Trinajstić information content (AvgIpc) is 3.57. The third-order valence-corrected chi connectivity index (χ3v) is 6.71. The molecule has 0 amide bonds. The number of fused-ring (bicyclic) bond motifs is 1. The van der Waals surface area contributed by atoms with Crippen LogP contribution in [0.5, 0.6) is 11.5 Å². The fourth-order valence-electron chi connectivity index (χ4n) is 4.30. The maximum atomic E-state index is 6.44.